The van der Waals surface area contributed by atoms with E-state index in [0.29, 0.717) is 10.9 Å². The molecule has 0 aliphatic heterocycles. The molecule has 3 aromatic rings. The van der Waals surface area contributed by atoms with Crippen LogP contribution in [0, 0.1) is 5.82 Å². The number of pyridine rings is 1. The third-order valence-corrected chi connectivity index (χ3v) is 5.41. The highest BCUT2D eigenvalue weighted by atomic mass is 32.2. The molecule has 0 atom stereocenters. The van der Waals surface area contributed by atoms with Gasteiger partial charge < -0.3 is 11.1 Å². The number of nitrogens with one attached hydrogen (secondary N) is 1. The number of primary amides is 1. The van der Waals surface area contributed by atoms with E-state index in [1.807, 2.05) is 0 Å². The van der Waals surface area contributed by atoms with Crippen molar-refractivity contribution in [2.45, 2.75) is 11.8 Å². The summed E-state index contributed by atoms with van der Waals surface area (Å²) in [5, 5.41) is 10.8. The number of carbonyl (C=O) groups excluding carboxylic acids is 1. The normalized spacial score (nSPS) is 11.5. The second-order valence-corrected chi connectivity index (χ2v) is 7.67. The number of fused-ring (bicyclic) bond motifs is 1. The van der Waals surface area contributed by atoms with Gasteiger partial charge in [0.25, 0.3) is 5.91 Å². The Labute approximate surface area is 148 Å². The molecule has 0 radical (unpaired) electrons. The van der Waals surface area contributed by atoms with Crippen LogP contribution in [0.1, 0.15) is 17.4 Å². The van der Waals surface area contributed by atoms with Gasteiger partial charge in [0.05, 0.1) is 39.9 Å². The fourth-order valence-electron chi connectivity index (χ4n) is 2.37. The van der Waals surface area contributed by atoms with Crippen LogP contribution < -0.4 is 11.1 Å². The Bertz CT molecular complexity index is 1120. The number of hydrogen-bond acceptors (Lipinski definition) is 7. The van der Waals surface area contributed by atoms with Gasteiger partial charge in [0.15, 0.2) is 15.5 Å². The first-order valence-corrected chi connectivity index (χ1v) is 9.17. The van der Waals surface area contributed by atoms with Crippen LogP contribution >= 0.6 is 0 Å². The zero-order chi connectivity index (χ0) is 18.9. The standard InChI is InChI=1S/C16H14FN5O3S/c1-2-26(24,25)11-3-4-13-12(6-11)14(15(16(18)23)22-21-13)20-10-5-9(17)7-19-8-10/h3-8H,2H2,1H3,(H2,18,23)(H,20,21). The number of nitrogens with two attached hydrogens (primary N) is 1. The summed E-state index contributed by atoms with van der Waals surface area (Å²) in [6.45, 7) is 1.52. The monoisotopic (exact) mass is 375 g/mol. The molecule has 0 unspecified atom stereocenters. The molecule has 2 heterocycles. The lowest BCUT2D eigenvalue weighted by atomic mass is 10.1. The van der Waals surface area contributed by atoms with E-state index in [2.05, 4.69) is 20.5 Å². The number of benzene rings is 1. The van der Waals surface area contributed by atoms with Crippen molar-refractivity contribution < 1.29 is 17.6 Å². The van der Waals surface area contributed by atoms with E-state index in [4.69, 9.17) is 5.73 Å². The minimum absolute atomic E-state index is 0.0661. The Morgan fingerprint density at radius 3 is 2.65 bits per heavy atom. The number of nitrogens with zero attached hydrogens (tertiary/aromatic N) is 3. The van der Waals surface area contributed by atoms with Crippen LogP contribution in [0.4, 0.5) is 15.8 Å². The van der Waals surface area contributed by atoms with Crippen LogP contribution in [-0.2, 0) is 9.84 Å². The molecule has 0 bridgehead atoms. The maximum Gasteiger partial charge on any atom is 0.271 e. The molecule has 0 saturated heterocycles. The molecule has 2 aromatic heterocycles. The number of aromatic nitrogens is 3. The second-order valence-electron chi connectivity index (χ2n) is 5.39. The van der Waals surface area contributed by atoms with Gasteiger partial charge in [-0.3, -0.25) is 9.78 Å². The molecular weight excluding hydrogens is 361 g/mol. The highest BCUT2D eigenvalue weighted by molar-refractivity contribution is 7.91. The van der Waals surface area contributed by atoms with Crippen molar-refractivity contribution in [3.8, 4) is 0 Å². The molecule has 1 aromatic carbocycles. The van der Waals surface area contributed by atoms with Gasteiger partial charge in [0.1, 0.15) is 5.82 Å². The molecule has 0 saturated carbocycles. The van der Waals surface area contributed by atoms with Crippen molar-refractivity contribution in [1.29, 1.82) is 0 Å². The number of amides is 1. The highest BCUT2D eigenvalue weighted by Gasteiger charge is 2.19. The number of hydrogen-bond donors (Lipinski definition) is 2. The molecule has 0 aliphatic rings. The number of rotatable bonds is 5. The summed E-state index contributed by atoms with van der Waals surface area (Å²) in [5.41, 5.74) is 5.86. The van der Waals surface area contributed by atoms with E-state index in [9.17, 15) is 17.6 Å². The molecule has 26 heavy (non-hydrogen) atoms. The van der Waals surface area contributed by atoms with Gasteiger partial charge in [-0.05, 0) is 18.2 Å². The van der Waals surface area contributed by atoms with E-state index in [0.717, 1.165) is 12.3 Å². The molecule has 0 aliphatic carbocycles. The SMILES string of the molecule is CCS(=O)(=O)c1ccc2nnc(C(N)=O)c(Nc3cncc(F)c3)c2c1. The lowest BCUT2D eigenvalue weighted by Crippen LogP contribution is -2.17. The highest BCUT2D eigenvalue weighted by Crippen LogP contribution is 2.30. The molecule has 134 valence electrons. The quantitative estimate of drug-likeness (QED) is 0.696. The summed E-state index contributed by atoms with van der Waals surface area (Å²) in [6, 6.07) is 5.43. The Hall–Kier alpha value is -3.14. The molecule has 3 N–H and O–H groups in total. The lowest BCUT2D eigenvalue weighted by Gasteiger charge is -2.13. The van der Waals surface area contributed by atoms with Crippen LogP contribution in [0.3, 0.4) is 0 Å². The fraction of sp³-hybridized carbons (Fsp3) is 0.125. The largest absolute Gasteiger partial charge is 0.364 e. The van der Waals surface area contributed by atoms with Crippen molar-refractivity contribution in [3.05, 3.63) is 48.2 Å². The summed E-state index contributed by atoms with van der Waals surface area (Å²) in [4.78, 5) is 15.5. The number of halogens is 1. The van der Waals surface area contributed by atoms with Crippen LogP contribution in [0.25, 0.3) is 10.9 Å². The topological polar surface area (TPSA) is 128 Å². The average Bonchev–Trinajstić information content (AvgIpc) is 2.61. The van der Waals surface area contributed by atoms with Crippen molar-refractivity contribution in [1.82, 2.24) is 15.2 Å². The predicted molar refractivity (Wildman–Crippen MR) is 93.3 cm³/mol. The maximum absolute atomic E-state index is 13.4. The Morgan fingerprint density at radius 1 is 1.23 bits per heavy atom. The molecule has 10 heteroatoms. The van der Waals surface area contributed by atoms with E-state index in [1.165, 1.54) is 31.3 Å². The Morgan fingerprint density at radius 2 is 2.00 bits per heavy atom. The summed E-state index contributed by atoms with van der Waals surface area (Å²) in [6.07, 6.45) is 2.36. The zero-order valence-electron chi connectivity index (χ0n) is 13.6. The first-order valence-electron chi connectivity index (χ1n) is 7.52. The first-order chi connectivity index (χ1) is 12.3. The minimum Gasteiger partial charge on any atom is -0.364 e. The fourth-order valence-corrected chi connectivity index (χ4v) is 3.27. The van der Waals surface area contributed by atoms with Crippen LogP contribution in [-0.4, -0.2) is 35.3 Å². The van der Waals surface area contributed by atoms with Crippen LogP contribution in [0.5, 0.6) is 0 Å². The van der Waals surface area contributed by atoms with Gasteiger partial charge >= 0.3 is 0 Å². The van der Waals surface area contributed by atoms with Crippen molar-refractivity contribution >= 4 is 38.0 Å². The first kappa shape index (κ1) is 17.7. The smallest absolute Gasteiger partial charge is 0.271 e. The summed E-state index contributed by atoms with van der Waals surface area (Å²) >= 11 is 0. The third kappa shape index (κ3) is 3.31. The molecule has 3 rings (SSSR count). The number of anilines is 2. The summed E-state index contributed by atoms with van der Waals surface area (Å²) < 4.78 is 37.7. The van der Waals surface area contributed by atoms with Gasteiger partial charge in [-0.25, -0.2) is 12.8 Å². The zero-order valence-corrected chi connectivity index (χ0v) is 14.4. The number of carbonyl (C=O) groups is 1. The van der Waals surface area contributed by atoms with E-state index in [-0.39, 0.29) is 27.7 Å². The van der Waals surface area contributed by atoms with Gasteiger partial charge in [0, 0.05) is 11.5 Å². The minimum atomic E-state index is -3.48. The van der Waals surface area contributed by atoms with Gasteiger partial charge in [-0.15, -0.1) is 10.2 Å². The molecule has 8 nitrogen and oxygen atoms in total. The molecule has 0 fully saturated rings. The molecular formula is C16H14FN5O3S. The second kappa shape index (κ2) is 6.64. The third-order valence-electron chi connectivity index (χ3n) is 3.68. The van der Waals surface area contributed by atoms with E-state index in [1.54, 1.807) is 0 Å². The van der Waals surface area contributed by atoms with E-state index < -0.39 is 21.6 Å². The lowest BCUT2D eigenvalue weighted by molar-refractivity contribution is 0.0995. The Balaban J connectivity index is 2.26. The number of sulfone groups is 1. The van der Waals surface area contributed by atoms with Gasteiger partial charge in [-0.1, -0.05) is 6.92 Å². The molecule has 0 spiro atoms. The molecule has 1 amide bonds. The van der Waals surface area contributed by atoms with Crippen LogP contribution in [0.2, 0.25) is 0 Å². The van der Waals surface area contributed by atoms with Gasteiger partial charge in [-0.2, -0.15) is 0 Å². The predicted octanol–water partition coefficient (Wildman–Crippen LogP) is 1.80. The summed E-state index contributed by atoms with van der Waals surface area (Å²) in [5.74, 6) is -1.54. The van der Waals surface area contributed by atoms with Crippen molar-refractivity contribution in [2.75, 3.05) is 11.1 Å². The van der Waals surface area contributed by atoms with E-state index >= 15 is 0 Å². The Kier molecular flexibility index (Phi) is 4.51. The van der Waals surface area contributed by atoms with Crippen molar-refractivity contribution in [3.63, 3.8) is 0 Å². The van der Waals surface area contributed by atoms with Crippen molar-refractivity contribution in [2.24, 2.45) is 5.73 Å². The summed E-state index contributed by atoms with van der Waals surface area (Å²) in [7, 11) is -3.48. The average molecular weight is 375 g/mol. The van der Waals surface area contributed by atoms with Crippen LogP contribution in [0.15, 0.2) is 41.6 Å². The van der Waals surface area contributed by atoms with Gasteiger partial charge in [0.2, 0.25) is 0 Å². The maximum atomic E-state index is 13.4.